The van der Waals surface area contributed by atoms with Crippen LogP contribution in [0.25, 0.3) is 22.9 Å². The molecule has 2 aromatic carbocycles. The van der Waals surface area contributed by atoms with Gasteiger partial charge in [-0.25, -0.2) is 14.4 Å². The van der Waals surface area contributed by atoms with Crippen molar-refractivity contribution >= 4 is 17.2 Å². The Bertz CT molecular complexity index is 1620. The minimum atomic E-state index is -0.902. The first-order chi connectivity index (χ1) is 19.4. The number of carbonyl (C=O) groups excluding carboxylic acids is 1. The van der Waals surface area contributed by atoms with Crippen LogP contribution in [0.1, 0.15) is 58.3 Å². The molecule has 2 atom stereocenters. The van der Waals surface area contributed by atoms with Gasteiger partial charge in [-0.05, 0) is 49.9 Å². The maximum absolute atomic E-state index is 13.9. The fourth-order valence-corrected chi connectivity index (χ4v) is 5.94. The quantitative estimate of drug-likeness (QED) is 0.257. The third-order valence-electron chi connectivity index (χ3n) is 6.94. The van der Waals surface area contributed by atoms with Crippen molar-refractivity contribution in [3.05, 3.63) is 94.1 Å². The van der Waals surface area contributed by atoms with Crippen LogP contribution in [0.3, 0.4) is 0 Å². The largest absolute Gasteiger partial charge is 0.445 e. The van der Waals surface area contributed by atoms with Gasteiger partial charge in [0.1, 0.15) is 17.9 Å². The van der Waals surface area contributed by atoms with Crippen LogP contribution in [0.2, 0.25) is 0 Å². The topological polar surface area (TPSA) is 124 Å². The van der Waals surface area contributed by atoms with E-state index in [9.17, 15) is 9.18 Å². The summed E-state index contributed by atoms with van der Waals surface area (Å²) in [6.45, 7) is 1.79. The Kier molecular flexibility index (Phi) is 6.99. The minimum absolute atomic E-state index is 0.179. The second-order valence-corrected chi connectivity index (χ2v) is 11.0. The van der Waals surface area contributed by atoms with E-state index in [1.54, 1.807) is 34.7 Å². The van der Waals surface area contributed by atoms with Crippen molar-refractivity contribution in [2.75, 3.05) is 6.54 Å². The number of aromatic nitrogens is 4. The summed E-state index contributed by atoms with van der Waals surface area (Å²) < 4.78 is 24.7. The van der Waals surface area contributed by atoms with E-state index in [1.165, 1.54) is 17.6 Å². The van der Waals surface area contributed by atoms with Gasteiger partial charge in [-0.15, -0.1) is 21.5 Å². The molecular formula is C29H27FN6O3S. The number of carbonyl (C=O) groups is 1. The Morgan fingerprint density at radius 2 is 1.98 bits per heavy atom. The molecular weight excluding hydrogens is 531 g/mol. The number of likely N-dealkylation sites (tertiary alicyclic amines) is 1. The van der Waals surface area contributed by atoms with Gasteiger partial charge in [-0.2, -0.15) is 0 Å². The number of hydrogen-bond acceptors (Lipinski definition) is 9. The number of thiazole rings is 1. The first-order valence-corrected chi connectivity index (χ1v) is 13.8. The van der Waals surface area contributed by atoms with Gasteiger partial charge in [-0.1, -0.05) is 30.3 Å². The highest BCUT2D eigenvalue weighted by molar-refractivity contribution is 7.09. The van der Waals surface area contributed by atoms with E-state index in [2.05, 4.69) is 20.2 Å². The predicted molar refractivity (Wildman–Crippen MR) is 147 cm³/mol. The predicted octanol–water partition coefficient (Wildman–Crippen LogP) is 5.71. The lowest BCUT2D eigenvalue weighted by molar-refractivity contribution is 0.0735. The van der Waals surface area contributed by atoms with Crippen LogP contribution < -0.4 is 5.73 Å². The Labute approximate surface area is 233 Å². The zero-order valence-electron chi connectivity index (χ0n) is 21.8. The maximum Gasteiger partial charge on any atom is 0.254 e. The molecule has 0 saturated carbocycles. The van der Waals surface area contributed by atoms with Gasteiger partial charge in [0.05, 0.1) is 23.5 Å². The summed E-state index contributed by atoms with van der Waals surface area (Å²) in [5.41, 5.74) is 8.68. The van der Waals surface area contributed by atoms with Crippen molar-refractivity contribution in [3.63, 3.8) is 0 Å². The first-order valence-electron chi connectivity index (χ1n) is 12.9. The molecule has 1 saturated heterocycles. The minimum Gasteiger partial charge on any atom is -0.445 e. The second-order valence-electron chi connectivity index (χ2n) is 10.1. The van der Waals surface area contributed by atoms with Crippen LogP contribution in [-0.2, 0) is 18.6 Å². The summed E-state index contributed by atoms with van der Waals surface area (Å²) in [4.78, 5) is 24.3. The standard InChI is InChI=1S/C29H27FN6O3S/c1-29(31,15-18-6-3-2-4-7-18)28-35-34-25(39-28)20-12-19(24-32-9-11-38-24)13-21(14-20)27(37)36-10-5-8-23(36)26-33-22(16-30)17-40-26/h2-4,6-7,9,11-14,17,23H,5,8,10,15-16,31H2,1H3/t23-,29-/m1/s1. The van der Waals surface area contributed by atoms with Gasteiger partial charge in [0.25, 0.3) is 5.91 Å². The SMILES string of the molecule is C[C@@](N)(Cc1ccccc1)c1nnc(-c2cc(C(=O)N3CCC[C@@H]3c3nc(CF)cs3)cc(-c3ncco3)c2)o1. The lowest BCUT2D eigenvalue weighted by Gasteiger charge is -2.23. The fraction of sp³-hybridized carbons (Fsp3) is 0.276. The molecule has 3 aromatic heterocycles. The molecule has 11 heteroatoms. The summed E-state index contributed by atoms with van der Waals surface area (Å²) in [5, 5.41) is 11.0. The zero-order valence-corrected chi connectivity index (χ0v) is 22.6. The van der Waals surface area contributed by atoms with Crippen molar-refractivity contribution in [2.45, 2.75) is 44.4 Å². The normalized spacial score (nSPS) is 16.8. The van der Waals surface area contributed by atoms with Crippen molar-refractivity contribution in [3.8, 4) is 22.9 Å². The highest BCUT2D eigenvalue weighted by Crippen LogP contribution is 2.36. The molecule has 2 N–H and O–H groups in total. The summed E-state index contributed by atoms with van der Waals surface area (Å²) in [7, 11) is 0. The van der Waals surface area contributed by atoms with E-state index in [-0.39, 0.29) is 23.7 Å². The number of halogens is 1. The van der Waals surface area contributed by atoms with E-state index >= 15 is 0 Å². The molecule has 0 aliphatic carbocycles. The number of nitrogens with two attached hydrogens (primary N) is 1. The van der Waals surface area contributed by atoms with Gasteiger partial charge < -0.3 is 19.5 Å². The van der Waals surface area contributed by atoms with E-state index in [0.717, 1.165) is 23.4 Å². The maximum atomic E-state index is 13.9. The highest BCUT2D eigenvalue weighted by Gasteiger charge is 2.34. The molecule has 0 unspecified atom stereocenters. The summed E-state index contributed by atoms with van der Waals surface area (Å²) in [6.07, 6.45) is 5.11. The molecule has 6 rings (SSSR count). The number of rotatable bonds is 8. The molecule has 0 radical (unpaired) electrons. The third-order valence-corrected chi connectivity index (χ3v) is 7.93. The van der Waals surface area contributed by atoms with Gasteiger partial charge in [0.15, 0.2) is 0 Å². The molecule has 1 aliphatic heterocycles. The van der Waals surface area contributed by atoms with Crippen LogP contribution >= 0.6 is 11.3 Å². The Morgan fingerprint density at radius 1 is 1.18 bits per heavy atom. The number of benzene rings is 2. The molecule has 1 amide bonds. The number of oxazole rings is 1. The molecule has 0 bridgehead atoms. The number of alkyl halides is 1. The molecule has 1 fully saturated rings. The van der Waals surface area contributed by atoms with Crippen LogP contribution in [0.15, 0.2) is 75.2 Å². The van der Waals surface area contributed by atoms with Crippen LogP contribution in [0, 0.1) is 0 Å². The smallest absolute Gasteiger partial charge is 0.254 e. The second kappa shape index (κ2) is 10.7. The monoisotopic (exact) mass is 558 g/mol. The third kappa shape index (κ3) is 5.17. The average molecular weight is 559 g/mol. The number of amides is 1. The van der Waals surface area contributed by atoms with Gasteiger partial charge in [0, 0.05) is 28.6 Å². The molecule has 4 heterocycles. The van der Waals surface area contributed by atoms with Crippen molar-refractivity contribution in [2.24, 2.45) is 5.73 Å². The lowest BCUT2D eigenvalue weighted by atomic mass is 9.94. The van der Waals surface area contributed by atoms with E-state index in [4.69, 9.17) is 14.6 Å². The number of nitrogens with zero attached hydrogens (tertiary/aromatic N) is 5. The first kappa shape index (κ1) is 26.0. The van der Waals surface area contributed by atoms with E-state index < -0.39 is 12.2 Å². The summed E-state index contributed by atoms with van der Waals surface area (Å²) in [6, 6.07) is 14.9. The Morgan fingerprint density at radius 3 is 2.70 bits per heavy atom. The van der Waals surface area contributed by atoms with Crippen LogP contribution in [0.4, 0.5) is 4.39 Å². The fourth-order valence-electron chi connectivity index (χ4n) is 5.00. The molecule has 1 aliphatic rings. The average Bonchev–Trinajstić information content (AvgIpc) is 3.79. The molecule has 40 heavy (non-hydrogen) atoms. The van der Waals surface area contributed by atoms with Crippen molar-refractivity contribution in [1.29, 1.82) is 0 Å². The summed E-state index contributed by atoms with van der Waals surface area (Å²) in [5.74, 6) is 0.691. The van der Waals surface area contributed by atoms with E-state index in [1.807, 2.05) is 37.3 Å². The van der Waals surface area contributed by atoms with Crippen molar-refractivity contribution in [1.82, 2.24) is 25.1 Å². The lowest BCUT2D eigenvalue weighted by Crippen LogP contribution is -2.35. The van der Waals surface area contributed by atoms with Crippen LogP contribution in [0.5, 0.6) is 0 Å². The number of hydrogen-bond donors (Lipinski definition) is 1. The highest BCUT2D eigenvalue weighted by atomic mass is 32.1. The van der Waals surface area contributed by atoms with Gasteiger partial charge in [0.2, 0.25) is 17.7 Å². The summed E-state index contributed by atoms with van der Waals surface area (Å²) >= 11 is 1.38. The van der Waals surface area contributed by atoms with Crippen LogP contribution in [-0.4, -0.2) is 37.5 Å². The Hall–Kier alpha value is -4.22. The van der Waals surface area contributed by atoms with E-state index in [0.29, 0.717) is 41.2 Å². The van der Waals surface area contributed by atoms with Gasteiger partial charge >= 0.3 is 0 Å². The Balaban J connectivity index is 1.34. The van der Waals surface area contributed by atoms with Gasteiger partial charge in [-0.3, -0.25) is 4.79 Å². The zero-order chi connectivity index (χ0) is 27.7. The molecule has 204 valence electrons. The molecule has 9 nitrogen and oxygen atoms in total. The molecule has 5 aromatic rings. The van der Waals surface area contributed by atoms with Crippen molar-refractivity contribution < 1.29 is 18.0 Å². The molecule has 0 spiro atoms.